The molecule has 0 unspecified atom stereocenters. The van der Waals surface area contributed by atoms with E-state index >= 15 is 0 Å². The Bertz CT molecular complexity index is 564. The molecular formula is C15H25N3O2S. The van der Waals surface area contributed by atoms with Crippen LogP contribution in [-0.4, -0.2) is 44.7 Å². The fraction of sp³-hybridized carbons (Fsp3) is 0.600. The molecule has 1 aromatic rings. The van der Waals surface area contributed by atoms with Crippen molar-refractivity contribution < 1.29 is 8.42 Å². The molecule has 2 rings (SSSR count). The fourth-order valence-corrected chi connectivity index (χ4v) is 4.24. The molecule has 1 aromatic carbocycles. The maximum atomic E-state index is 12.3. The van der Waals surface area contributed by atoms with Crippen LogP contribution in [0.2, 0.25) is 0 Å². The third-order valence-corrected chi connectivity index (χ3v) is 5.77. The molecule has 0 radical (unpaired) electrons. The molecule has 0 atom stereocenters. The first-order valence-corrected chi connectivity index (χ1v) is 9.08. The van der Waals surface area contributed by atoms with Crippen molar-refractivity contribution >= 4 is 21.4 Å². The van der Waals surface area contributed by atoms with Crippen LogP contribution in [0.3, 0.4) is 0 Å². The molecule has 0 aromatic heterocycles. The average Bonchev–Trinajstić information content (AvgIpc) is 2.46. The summed E-state index contributed by atoms with van der Waals surface area (Å²) in [5, 5.41) is 0. The van der Waals surface area contributed by atoms with Crippen LogP contribution in [0.15, 0.2) is 24.3 Å². The quantitative estimate of drug-likeness (QED) is 0.842. The first-order chi connectivity index (χ1) is 9.90. The number of rotatable bonds is 5. The van der Waals surface area contributed by atoms with Gasteiger partial charge in [-0.25, -0.2) is 8.42 Å². The Labute approximate surface area is 127 Å². The van der Waals surface area contributed by atoms with Gasteiger partial charge in [-0.3, -0.25) is 0 Å². The van der Waals surface area contributed by atoms with Crippen molar-refractivity contribution in [2.75, 3.05) is 42.6 Å². The van der Waals surface area contributed by atoms with Crippen molar-refractivity contribution in [3.05, 3.63) is 24.3 Å². The Morgan fingerprint density at radius 1 is 1.14 bits per heavy atom. The Balaban J connectivity index is 1.96. The highest BCUT2D eigenvalue weighted by Gasteiger charge is 2.27. The molecule has 1 fully saturated rings. The minimum Gasteiger partial charge on any atom is -0.397 e. The van der Waals surface area contributed by atoms with E-state index in [-0.39, 0.29) is 5.75 Å². The summed E-state index contributed by atoms with van der Waals surface area (Å²) in [6.45, 7) is 6.55. The minimum absolute atomic E-state index is 0.248. The second-order valence-corrected chi connectivity index (χ2v) is 8.03. The van der Waals surface area contributed by atoms with Gasteiger partial charge in [-0.05, 0) is 24.5 Å². The van der Waals surface area contributed by atoms with Crippen LogP contribution >= 0.6 is 0 Å². The van der Waals surface area contributed by atoms with Crippen molar-refractivity contribution in [2.24, 2.45) is 5.92 Å². The maximum Gasteiger partial charge on any atom is 0.214 e. The van der Waals surface area contributed by atoms with Crippen LogP contribution in [-0.2, 0) is 10.0 Å². The normalized spacial score (nSPS) is 17.4. The van der Waals surface area contributed by atoms with E-state index in [9.17, 15) is 8.42 Å². The molecule has 6 heteroatoms. The number of sulfonamides is 1. The molecule has 2 N–H and O–H groups in total. The predicted octanol–water partition coefficient (Wildman–Crippen LogP) is 1.77. The molecule has 1 saturated heterocycles. The van der Waals surface area contributed by atoms with Gasteiger partial charge < -0.3 is 10.6 Å². The molecule has 0 bridgehead atoms. The SMILES string of the molecule is CC(C)CCS(=O)(=O)N1CCN(c2ccccc2N)CC1. The fourth-order valence-electron chi connectivity index (χ4n) is 2.50. The lowest BCUT2D eigenvalue weighted by molar-refractivity contribution is 0.383. The summed E-state index contributed by atoms with van der Waals surface area (Å²) in [4.78, 5) is 2.16. The summed E-state index contributed by atoms with van der Waals surface area (Å²) >= 11 is 0. The first kappa shape index (κ1) is 16.1. The van der Waals surface area contributed by atoms with Gasteiger partial charge in [0.05, 0.1) is 17.1 Å². The van der Waals surface area contributed by atoms with Gasteiger partial charge in [0.25, 0.3) is 0 Å². The monoisotopic (exact) mass is 311 g/mol. The molecule has 1 aliphatic heterocycles. The van der Waals surface area contributed by atoms with Crippen molar-refractivity contribution in [3.8, 4) is 0 Å². The average molecular weight is 311 g/mol. The van der Waals surface area contributed by atoms with E-state index in [2.05, 4.69) is 4.90 Å². The second-order valence-electron chi connectivity index (χ2n) is 5.94. The van der Waals surface area contributed by atoms with Gasteiger partial charge in [-0.15, -0.1) is 0 Å². The largest absolute Gasteiger partial charge is 0.397 e. The Kier molecular flexibility index (Phi) is 5.11. The van der Waals surface area contributed by atoms with Gasteiger partial charge in [0.15, 0.2) is 0 Å². The van der Waals surface area contributed by atoms with Crippen molar-refractivity contribution in [1.82, 2.24) is 4.31 Å². The zero-order valence-corrected chi connectivity index (χ0v) is 13.6. The van der Waals surface area contributed by atoms with Crippen LogP contribution in [0.1, 0.15) is 20.3 Å². The van der Waals surface area contributed by atoms with E-state index in [0.29, 0.717) is 38.5 Å². The topological polar surface area (TPSA) is 66.6 Å². The minimum atomic E-state index is -3.12. The van der Waals surface area contributed by atoms with Crippen molar-refractivity contribution in [2.45, 2.75) is 20.3 Å². The Morgan fingerprint density at radius 3 is 2.33 bits per heavy atom. The number of nitrogen functional groups attached to an aromatic ring is 1. The van der Waals surface area contributed by atoms with Gasteiger partial charge in [-0.1, -0.05) is 26.0 Å². The molecule has 1 heterocycles. The number of benzene rings is 1. The first-order valence-electron chi connectivity index (χ1n) is 7.47. The van der Waals surface area contributed by atoms with Crippen LogP contribution in [0.25, 0.3) is 0 Å². The highest BCUT2D eigenvalue weighted by molar-refractivity contribution is 7.89. The lowest BCUT2D eigenvalue weighted by Crippen LogP contribution is -2.49. The standard InChI is InChI=1S/C15H25N3O2S/c1-13(2)7-12-21(19,20)18-10-8-17(9-11-18)15-6-4-3-5-14(15)16/h3-6,13H,7-12,16H2,1-2H3. The number of hydrogen-bond donors (Lipinski definition) is 1. The lowest BCUT2D eigenvalue weighted by atomic mass is 10.2. The van der Waals surface area contributed by atoms with E-state index in [1.807, 2.05) is 38.1 Å². The van der Waals surface area contributed by atoms with Crippen molar-refractivity contribution in [3.63, 3.8) is 0 Å². The summed E-state index contributed by atoms with van der Waals surface area (Å²) < 4.78 is 26.2. The molecule has 118 valence electrons. The van der Waals surface area contributed by atoms with E-state index in [1.54, 1.807) is 4.31 Å². The van der Waals surface area contributed by atoms with Gasteiger partial charge >= 0.3 is 0 Å². The number of anilines is 2. The summed E-state index contributed by atoms with van der Waals surface area (Å²) in [5.74, 6) is 0.656. The molecule has 0 spiro atoms. The smallest absolute Gasteiger partial charge is 0.214 e. The summed E-state index contributed by atoms with van der Waals surface area (Å²) in [6.07, 6.45) is 0.716. The van der Waals surface area contributed by atoms with Gasteiger partial charge in [0, 0.05) is 26.2 Å². The zero-order valence-electron chi connectivity index (χ0n) is 12.8. The van der Waals surface area contributed by atoms with Crippen LogP contribution in [0, 0.1) is 5.92 Å². The highest BCUT2D eigenvalue weighted by Crippen LogP contribution is 2.24. The van der Waals surface area contributed by atoms with Crippen LogP contribution < -0.4 is 10.6 Å². The van der Waals surface area contributed by atoms with E-state index in [0.717, 1.165) is 11.4 Å². The van der Waals surface area contributed by atoms with Gasteiger partial charge in [0.2, 0.25) is 10.0 Å². The van der Waals surface area contributed by atoms with Crippen molar-refractivity contribution in [1.29, 1.82) is 0 Å². The summed E-state index contributed by atoms with van der Waals surface area (Å²) in [6, 6.07) is 7.72. The number of nitrogens with two attached hydrogens (primary N) is 1. The van der Waals surface area contributed by atoms with E-state index in [4.69, 9.17) is 5.73 Å². The third kappa shape index (κ3) is 4.11. The van der Waals surface area contributed by atoms with Gasteiger partial charge in [0.1, 0.15) is 0 Å². The molecule has 1 aliphatic rings. The molecule has 5 nitrogen and oxygen atoms in total. The maximum absolute atomic E-state index is 12.3. The molecule has 21 heavy (non-hydrogen) atoms. The molecule has 0 amide bonds. The zero-order chi connectivity index (χ0) is 15.5. The number of para-hydroxylation sites is 2. The summed E-state index contributed by atoms with van der Waals surface area (Å²) in [5.41, 5.74) is 7.72. The molecule has 0 aliphatic carbocycles. The molecular weight excluding hydrogens is 286 g/mol. The highest BCUT2D eigenvalue weighted by atomic mass is 32.2. The van der Waals surface area contributed by atoms with Crippen LogP contribution in [0.4, 0.5) is 11.4 Å². The number of nitrogens with zero attached hydrogens (tertiary/aromatic N) is 2. The van der Waals surface area contributed by atoms with Gasteiger partial charge in [-0.2, -0.15) is 4.31 Å². The van der Waals surface area contributed by atoms with E-state index < -0.39 is 10.0 Å². The Hall–Kier alpha value is -1.27. The predicted molar refractivity (Wildman–Crippen MR) is 87.9 cm³/mol. The second kappa shape index (κ2) is 6.66. The summed E-state index contributed by atoms with van der Waals surface area (Å²) in [7, 11) is -3.12. The molecule has 0 saturated carbocycles. The Morgan fingerprint density at radius 2 is 1.76 bits per heavy atom. The van der Waals surface area contributed by atoms with E-state index in [1.165, 1.54) is 0 Å². The number of hydrogen-bond acceptors (Lipinski definition) is 4. The third-order valence-electron chi connectivity index (χ3n) is 3.86. The lowest BCUT2D eigenvalue weighted by Gasteiger charge is -2.36. The number of piperazine rings is 1. The van der Waals surface area contributed by atoms with Crippen LogP contribution in [0.5, 0.6) is 0 Å².